The van der Waals surface area contributed by atoms with Gasteiger partial charge >= 0.3 is 0 Å². The first-order valence-corrected chi connectivity index (χ1v) is 7.32. The number of nitrogens with zero attached hydrogens (tertiary/aromatic N) is 1. The van der Waals surface area contributed by atoms with E-state index in [4.69, 9.17) is 11.0 Å². The Bertz CT molecular complexity index is 776. The maximum Gasteiger partial charge on any atom is 0.274 e. The van der Waals surface area contributed by atoms with Gasteiger partial charge in [0.1, 0.15) is 11.5 Å². The van der Waals surface area contributed by atoms with Crippen molar-refractivity contribution in [3.8, 4) is 0 Å². The van der Waals surface area contributed by atoms with E-state index in [0.717, 1.165) is 0 Å². The van der Waals surface area contributed by atoms with Crippen LogP contribution >= 0.6 is 0 Å². The number of aromatic nitrogens is 1. The molecule has 21 heavy (non-hydrogen) atoms. The van der Waals surface area contributed by atoms with Crippen molar-refractivity contribution in [2.24, 2.45) is 11.0 Å². The van der Waals surface area contributed by atoms with Crippen molar-refractivity contribution < 1.29 is 13.2 Å². The predicted molar refractivity (Wildman–Crippen MR) is 77.8 cm³/mol. The number of benzene rings is 1. The lowest BCUT2D eigenvalue weighted by molar-refractivity contribution is 0.102. The third-order valence-corrected chi connectivity index (χ3v) is 3.46. The molecule has 110 valence electrons. The first-order valence-electron chi connectivity index (χ1n) is 5.78. The van der Waals surface area contributed by atoms with Crippen LogP contribution in [0.25, 0.3) is 0 Å². The molecule has 1 aromatic carbocycles. The molecule has 0 atom stereocenters. The topological polar surface area (TPSA) is 140 Å². The molecule has 1 heterocycles. The molecule has 0 radical (unpaired) electrons. The monoisotopic (exact) mass is 307 g/mol. The normalized spacial score (nSPS) is 11.0. The molecule has 2 rings (SSSR count). The minimum Gasteiger partial charge on any atom is -0.321 e. The number of nitrogens with two attached hydrogens (primary N) is 2. The Labute approximate surface area is 121 Å². The number of rotatable bonds is 4. The van der Waals surface area contributed by atoms with Gasteiger partial charge in [0.2, 0.25) is 10.0 Å². The average Bonchev–Trinajstić information content (AvgIpc) is 2.46. The van der Waals surface area contributed by atoms with Crippen molar-refractivity contribution in [2.75, 3.05) is 10.7 Å². The van der Waals surface area contributed by atoms with E-state index >= 15 is 0 Å². The standard InChI is InChI=1S/C12H13N5O3S/c13-17-11-6-2-5-10(16-11)12(18)15-8-3-1-4-9(7-8)21(14,19)20/h1-7H,13H2,(H,15,18)(H,16,17)(H2,14,19,20). The van der Waals surface area contributed by atoms with Crippen LogP contribution in [0.3, 0.4) is 0 Å². The van der Waals surface area contributed by atoms with Crippen molar-refractivity contribution in [3.63, 3.8) is 0 Å². The van der Waals surface area contributed by atoms with E-state index in [-0.39, 0.29) is 10.6 Å². The maximum absolute atomic E-state index is 12.0. The summed E-state index contributed by atoms with van der Waals surface area (Å²) in [5.41, 5.74) is 2.75. The lowest BCUT2D eigenvalue weighted by atomic mass is 10.3. The summed E-state index contributed by atoms with van der Waals surface area (Å²) in [6.07, 6.45) is 0. The number of carbonyl (C=O) groups is 1. The lowest BCUT2D eigenvalue weighted by Crippen LogP contribution is -2.17. The molecule has 0 saturated carbocycles. The Morgan fingerprint density at radius 2 is 1.86 bits per heavy atom. The number of hydrazine groups is 1. The number of pyridine rings is 1. The van der Waals surface area contributed by atoms with Crippen molar-refractivity contribution in [1.82, 2.24) is 4.98 Å². The van der Waals surface area contributed by atoms with E-state index in [2.05, 4.69) is 15.7 Å². The quantitative estimate of drug-likeness (QED) is 0.472. The number of carbonyl (C=O) groups excluding carboxylic acids is 1. The molecule has 0 spiro atoms. The van der Waals surface area contributed by atoms with Gasteiger partial charge in [-0.25, -0.2) is 24.4 Å². The highest BCUT2D eigenvalue weighted by Crippen LogP contribution is 2.15. The number of hydrogen-bond donors (Lipinski definition) is 4. The number of nitrogens with one attached hydrogen (secondary N) is 2. The summed E-state index contributed by atoms with van der Waals surface area (Å²) >= 11 is 0. The van der Waals surface area contributed by atoms with Crippen molar-refractivity contribution in [3.05, 3.63) is 48.2 Å². The molecule has 6 N–H and O–H groups in total. The van der Waals surface area contributed by atoms with Gasteiger partial charge in [-0.2, -0.15) is 0 Å². The Hall–Kier alpha value is -2.49. The Morgan fingerprint density at radius 1 is 1.14 bits per heavy atom. The van der Waals surface area contributed by atoms with Gasteiger partial charge in [-0.05, 0) is 30.3 Å². The fourth-order valence-corrected chi connectivity index (χ4v) is 2.15. The van der Waals surface area contributed by atoms with E-state index in [1.807, 2.05) is 0 Å². The highest BCUT2D eigenvalue weighted by molar-refractivity contribution is 7.89. The molecule has 1 aromatic heterocycles. The van der Waals surface area contributed by atoms with Crippen LogP contribution in [0.4, 0.5) is 11.5 Å². The average molecular weight is 307 g/mol. The smallest absolute Gasteiger partial charge is 0.274 e. The van der Waals surface area contributed by atoms with E-state index in [9.17, 15) is 13.2 Å². The predicted octanol–water partition coefficient (Wildman–Crippen LogP) is 0.267. The zero-order valence-electron chi connectivity index (χ0n) is 10.8. The number of anilines is 2. The molecule has 0 aliphatic carbocycles. The second-order valence-electron chi connectivity index (χ2n) is 4.08. The minimum atomic E-state index is -3.83. The molecule has 0 aliphatic rings. The summed E-state index contributed by atoms with van der Waals surface area (Å²) in [5, 5.41) is 7.56. The lowest BCUT2D eigenvalue weighted by Gasteiger charge is -2.07. The summed E-state index contributed by atoms with van der Waals surface area (Å²) in [6.45, 7) is 0. The van der Waals surface area contributed by atoms with Crippen molar-refractivity contribution in [2.45, 2.75) is 4.90 Å². The van der Waals surface area contributed by atoms with Gasteiger partial charge in [0.15, 0.2) is 0 Å². The summed E-state index contributed by atoms with van der Waals surface area (Å²) < 4.78 is 22.5. The second kappa shape index (κ2) is 5.87. The maximum atomic E-state index is 12.0. The van der Waals surface area contributed by atoms with E-state index in [0.29, 0.717) is 11.5 Å². The van der Waals surface area contributed by atoms with E-state index in [1.165, 1.54) is 30.3 Å². The van der Waals surface area contributed by atoms with Crippen LogP contribution in [0.1, 0.15) is 10.5 Å². The van der Waals surface area contributed by atoms with Crippen LogP contribution in [0.15, 0.2) is 47.4 Å². The van der Waals surface area contributed by atoms with Crippen LogP contribution < -0.4 is 21.7 Å². The molecule has 1 amide bonds. The van der Waals surface area contributed by atoms with Gasteiger partial charge in [-0.3, -0.25) is 4.79 Å². The second-order valence-corrected chi connectivity index (χ2v) is 5.64. The molecule has 8 nitrogen and oxygen atoms in total. The number of amides is 1. The fourth-order valence-electron chi connectivity index (χ4n) is 1.59. The molecule has 0 aliphatic heterocycles. The summed E-state index contributed by atoms with van der Waals surface area (Å²) in [7, 11) is -3.83. The first kappa shape index (κ1) is 14.9. The van der Waals surface area contributed by atoms with E-state index < -0.39 is 15.9 Å². The van der Waals surface area contributed by atoms with Gasteiger partial charge in [0.05, 0.1) is 4.90 Å². The highest BCUT2D eigenvalue weighted by atomic mass is 32.2. The third kappa shape index (κ3) is 3.75. The van der Waals surface area contributed by atoms with Gasteiger partial charge in [0.25, 0.3) is 5.91 Å². The molecule has 0 fully saturated rings. The number of nitrogen functional groups attached to an aromatic ring is 1. The highest BCUT2D eigenvalue weighted by Gasteiger charge is 2.11. The molecular formula is C12H13N5O3S. The SMILES string of the molecule is NNc1cccc(C(=O)Nc2cccc(S(N)(=O)=O)c2)n1. The number of sulfonamides is 1. The van der Waals surface area contributed by atoms with Crippen LogP contribution in [0.2, 0.25) is 0 Å². The van der Waals surface area contributed by atoms with Crippen LogP contribution in [-0.2, 0) is 10.0 Å². The van der Waals surface area contributed by atoms with Gasteiger partial charge in [0, 0.05) is 5.69 Å². The van der Waals surface area contributed by atoms with E-state index in [1.54, 1.807) is 12.1 Å². The Balaban J connectivity index is 2.23. The summed E-state index contributed by atoms with van der Waals surface area (Å²) in [6, 6.07) is 10.3. The van der Waals surface area contributed by atoms with Gasteiger partial charge in [-0.1, -0.05) is 12.1 Å². The summed E-state index contributed by atoms with van der Waals surface area (Å²) in [4.78, 5) is 15.9. The number of primary sulfonamides is 1. The zero-order valence-corrected chi connectivity index (χ0v) is 11.6. The van der Waals surface area contributed by atoms with Gasteiger partial charge in [-0.15, -0.1) is 0 Å². The van der Waals surface area contributed by atoms with Crippen LogP contribution in [0, 0.1) is 0 Å². The molecule has 2 aromatic rings. The molecule has 0 saturated heterocycles. The molecular weight excluding hydrogens is 294 g/mol. The molecule has 0 unspecified atom stereocenters. The largest absolute Gasteiger partial charge is 0.321 e. The van der Waals surface area contributed by atoms with Crippen LogP contribution in [0.5, 0.6) is 0 Å². The first-order chi connectivity index (χ1) is 9.90. The van der Waals surface area contributed by atoms with Crippen LogP contribution in [-0.4, -0.2) is 19.3 Å². The summed E-state index contributed by atoms with van der Waals surface area (Å²) in [5.74, 6) is 5.05. The number of hydrogen-bond acceptors (Lipinski definition) is 6. The zero-order chi connectivity index (χ0) is 15.5. The molecule has 9 heteroatoms. The molecule has 0 bridgehead atoms. The van der Waals surface area contributed by atoms with Crippen molar-refractivity contribution >= 4 is 27.4 Å². The Kier molecular flexibility index (Phi) is 4.17. The van der Waals surface area contributed by atoms with Crippen molar-refractivity contribution in [1.29, 1.82) is 0 Å². The van der Waals surface area contributed by atoms with Gasteiger partial charge < -0.3 is 10.7 Å². The Morgan fingerprint density at radius 3 is 2.52 bits per heavy atom. The third-order valence-electron chi connectivity index (χ3n) is 2.55. The fraction of sp³-hybridized carbons (Fsp3) is 0. The minimum absolute atomic E-state index is 0.0920.